The van der Waals surface area contributed by atoms with Crippen LogP contribution in [0.3, 0.4) is 0 Å². The molecule has 0 N–H and O–H groups in total. The normalized spacial score (nSPS) is 26.3. The number of aromatic nitrogens is 3. The molecule has 2 bridgehead atoms. The van der Waals surface area contributed by atoms with Crippen LogP contribution < -0.4 is 11.1 Å². The van der Waals surface area contributed by atoms with E-state index in [-0.39, 0.29) is 28.9 Å². The highest BCUT2D eigenvalue weighted by Gasteiger charge is 2.38. The van der Waals surface area contributed by atoms with Gasteiger partial charge in [0.05, 0.1) is 17.2 Å². The third-order valence-corrected chi connectivity index (χ3v) is 8.17. The molecule has 7 nitrogen and oxygen atoms in total. The van der Waals surface area contributed by atoms with Crippen LogP contribution in [-0.4, -0.2) is 38.0 Å². The zero-order valence-electron chi connectivity index (χ0n) is 19.3. The molecule has 3 aliphatic rings. The van der Waals surface area contributed by atoms with Crippen LogP contribution in [0.4, 0.5) is 0 Å². The van der Waals surface area contributed by atoms with Gasteiger partial charge in [0.1, 0.15) is 0 Å². The van der Waals surface area contributed by atoms with Gasteiger partial charge in [-0.15, -0.1) is 0 Å². The van der Waals surface area contributed by atoms with Crippen LogP contribution in [0.1, 0.15) is 43.7 Å². The zero-order chi connectivity index (χ0) is 23.2. The molecule has 0 spiro atoms. The van der Waals surface area contributed by atoms with Crippen molar-refractivity contribution < 1.29 is 4.79 Å². The Kier molecular flexibility index (Phi) is 5.35. The van der Waals surface area contributed by atoms with Gasteiger partial charge in [0.2, 0.25) is 5.91 Å². The maximum Gasteiger partial charge on any atom is 0.261 e. The molecule has 1 aromatic carbocycles. The summed E-state index contributed by atoms with van der Waals surface area (Å²) in [6.45, 7) is 2.86. The van der Waals surface area contributed by atoms with E-state index in [4.69, 9.17) is 0 Å². The SMILES string of the molecule is O=C(C1CCC(Cn2cnc3ccccc3c2=O)CC1)N1C[C@H]2C[C@H](C1)c1cccc(=O)n1C2. The quantitative estimate of drug-likeness (QED) is 0.605. The number of carbonyl (C=O) groups is 1. The Labute approximate surface area is 198 Å². The van der Waals surface area contributed by atoms with Crippen LogP contribution in [0.25, 0.3) is 10.9 Å². The first kappa shape index (κ1) is 21.3. The number of likely N-dealkylation sites (tertiary alicyclic amines) is 1. The summed E-state index contributed by atoms with van der Waals surface area (Å²) in [6, 6.07) is 13.0. The lowest BCUT2D eigenvalue weighted by atomic mass is 9.79. The number of benzene rings is 1. The number of nitrogens with zero attached hydrogens (tertiary/aromatic N) is 4. The van der Waals surface area contributed by atoms with Gasteiger partial charge in [-0.1, -0.05) is 18.2 Å². The predicted octanol–water partition coefficient (Wildman–Crippen LogP) is 3.01. The van der Waals surface area contributed by atoms with Gasteiger partial charge in [-0.05, 0) is 62.1 Å². The van der Waals surface area contributed by atoms with Gasteiger partial charge in [0.25, 0.3) is 11.1 Å². The Bertz CT molecular complexity index is 1350. The molecular formula is C27H30N4O3. The number of para-hydroxylation sites is 1. The van der Waals surface area contributed by atoms with Crippen molar-refractivity contribution in [3.8, 4) is 0 Å². The van der Waals surface area contributed by atoms with Gasteiger partial charge in [-0.2, -0.15) is 0 Å². The molecule has 176 valence electrons. The molecule has 2 fully saturated rings. The lowest BCUT2D eigenvalue weighted by Gasteiger charge is -2.44. The summed E-state index contributed by atoms with van der Waals surface area (Å²) >= 11 is 0. The number of rotatable bonds is 3. The lowest BCUT2D eigenvalue weighted by Crippen LogP contribution is -2.50. The molecule has 6 rings (SSSR count). The van der Waals surface area contributed by atoms with E-state index in [0.717, 1.165) is 62.9 Å². The van der Waals surface area contributed by atoms with Crippen molar-refractivity contribution in [1.82, 2.24) is 19.0 Å². The third kappa shape index (κ3) is 3.77. The van der Waals surface area contributed by atoms with Gasteiger partial charge in [0, 0.05) is 49.8 Å². The van der Waals surface area contributed by atoms with Crippen molar-refractivity contribution in [2.45, 2.75) is 51.1 Å². The molecule has 2 atom stereocenters. The van der Waals surface area contributed by atoms with Crippen molar-refractivity contribution in [3.63, 3.8) is 0 Å². The molecule has 0 unspecified atom stereocenters. The summed E-state index contributed by atoms with van der Waals surface area (Å²) in [5, 5.41) is 0.661. The van der Waals surface area contributed by atoms with Crippen molar-refractivity contribution in [1.29, 1.82) is 0 Å². The molecule has 2 aromatic heterocycles. The molecule has 34 heavy (non-hydrogen) atoms. The molecule has 1 saturated carbocycles. The van der Waals surface area contributed by atoms with E-state index < -0.39 is 0 Å². The van der Waals surface area contributed by atoms with Crippen LogP contribution >= 0.6 is 0 Å². The van der Waals surface area contributed by atoms with Crippen LogP contribution in [0.15, 0.2) is 58.4 Å². The van der Waals surface area contributed by atoms with Gasteiger partial charge in [-0.25, -0.2) is 4.98 Å². The Balaban J connectivity index is 1.09. The minimum atomic E-state index is 0.0167. The van der Waals surface area contributed by atoms with Gasteiger partial charge in [0.15, 0.2) is 0 Å². The smallest absolute Gasteiger partial charge is 0.261 e. The first-order chi connectivity index (χ1) is 16.6. The molecule has 4 heterocycles. The van der Waals surface area contributed by atoms with Gasteiger partial charge >= 0.3 is 0 Å². The van der Waals surface area contributed by atoms with Crippen LogP contribution in [0.2, 0.25) is 0 Å². The van der Waals surface area contributed by atoms with Crippen molar-refractivity contribution >= 4 is 16.8 Å². The fraction of sp³-hybridized carbons (Fsp3) is 0.481. The number of hydrogen-bond acceptors (Lipinski definition) is 4. The number of hydrogen-bond donors (Lipinski definition) is 0. The van der Waals surface area contributed by atoms with E-state index in [1.54, 1.807) is 17.0 Å². The summed E-state index contributed by atoms with van der Waals surface area (Å²) in [4.78, 5) is 45.0. The highest BCUT2D eigenvalue weighted by Crippen LogP contribution is 2.37. The monoisotopic (exact) mass is 458 g/mol. The lowest BCUT2D eigenvalue weighted by molar-refractivity contribution is -0.139. The number of pyridine rings is 1. The third-order valence-electron chi connectivity index (χ3n) is 8.17. The molecule has 0 radical (unpaired) electrons. The summed E-state index contributed by atoms with van der Waals surface area (Å²) in [5.41, 5.74) is 1.91. The fourth-order valence-corrected chi connectivity index (χ4v) is 6.44. The Morgan fingerprint density at radius 2 is 1.76 bits per heavy atom. The summed E-state index contributed by atoms with van der Waals surface area (Å²) in [7, 11) is 0. The number of carbonyl (C=O) groups excluding carboxylic acids is 1. The van der Waals surface area contributed by atoms with Crippen molar-refractivity contribution in [3.05, 3.63) is 75.2 Å². The molecule has 1 amide bonds. The van der Waals surface area contributed by atoms with E-state index in [2.05, 4.69) is 9.88 Å². The Hall–Kier alpha value is -3.22. The standard InChI is InChI=1S/C27H30N4O3/c32-25-7-3-6-24-21-12-19(15-31(24)25)14-29(16-21)26(33)20-10-8-18(9-11-20)13-30-17-28-23-5-2-1-4-22(23)27(30)34/h1-7,17-21H,8-16H2/t18?,19-,20?,21-/m1/s1. The van der Waals surface area contributed by atoms with E-state index in [9.17, 15) is 14.4 Å². The Morgan fingerprint density at radius 1 is 0.941 bits per heavy atom. The topological polar surface area (TPSA) is 77.2 Å². The van der Waals surface area contributed by atoms with E-state index in [0.29, 0.717) is 23.8 Å². The molecule has 1 saturated heterocycles. The maximum atomic E-state index is 13.4. The van der Waals surface area contributed by atoms with Crippen LogP contribution in [0.5, 0.6) is 0 Å². The van der Waals surface area contributed by atoms with E-state index in [1.807, 2.05) is 41.0 Å². The number of piperidine rings is 1. The van der Waals surface area contributed by atoms with Gasteiger partial charge < -0.3 is 9.47 Å². The second-order valence-electron chi connectivity index (χ2n) is 10.4. The zero-order valence-corrected chi connectivity index (χ0v) is 19.3. The summed E-state index contributed by atoms with van der Waals surface area (Å²) in [6.07, 6.45) is 6.39. The minimum absolute atomic E-state index is 0.0167. The van der Waals surface area contributed by atoms with E-state index >= 15 is 0 Å². The maximum absolute atomic E-state index is 13.4. The van der Waals surface area contributed by atoms with Crippen molar-refractivity contribution in [2.24, 2.45) is 17.8 Å². The molecule has 3 aromatic rings. The van der Waals surface area contributed by atoms with Gasteiger partial charge in [-0.3, -0.25) is 19.0 Å². The second kappa shape index (κ2) is 8.53. The predicted molar refractivity (Wildman–Crippen MR) is 130 cm³/mol. The summed E-state index contributed by atoms with van der Waals surface area (Å²) < 4.78 is 3.65. The molecule has 7 heteroatoms. The minimum Gasteiger partial charge on any atom is -0.341 e. The average Bonchev–Trinajstić information content (AvgIpc) is 2.86. The van der Waals surface area contributed by atoms with Crippen LogP contribution in [-0.2, 0) is 17.9 Å². The first-order valence-electron chi connectivity index (χ1n) is 12.5. The fourth-order valence-electron chi connectivity index (χ4n) is 6.44. The average molecular weight is 459 g/mol. The highest BCUT2D eigenvalue weighted by molar-refractivity contribution is 5.79. The molecular weight excluding hydrogens is 428 g/mol. The van der Waals surface area contributed by atoms with E-state index in [1.165, 1.54) is 0 Å². The summed E-state index contributed by atoms with van der Waals surface area (Å²) in [5.74, 6) is 1.36. The Morgan fingerprint density at radius 3 is 2.62 bits per heavy atom. The first-order valence-corrected chi connectivity index (χ1v) is 12.5. The number of amides is 1. The molecule has 1 aliphatic carbocycles. The largest absolute Gasteiger partial charge is 0.341 e. The molecule has 2 aliphatic heterocycles. The second-order valence-corrected chi connectivity index (χ2v) is 10.4. The highest BCUT2D eigenvalue weighted by atomic mass is 16.2. The number of fused-ring (bicyclic) bond motifs is 5. The van der Waals surface area contributed by atoms with Crippen LogP contribution in [0, 0.1) is 17.8 Å². The van der Waals surface area contributed by atoms with Crippen molar-refractivity contribution in [2.75, 3.05) is 13.1 Å².